The summed E-state index contributed by atoms with van der Waals surface area (Å²) in [5, 5.41) is 3.58. The molecule has 1 unspecified atom stereocenters. The van der Waals surface area contributed by atoms with Crippen LogP contribution in [0.5, 0.6) is 0 Å². The average molecular weight is 403 g/mol. The van der Waals surface area contributed by atoms with Gasteiger partial charge in [-0.2, -0.15) is 0 Å². The van der Waals surface area contributed by atoms with Crippen molar-refractivity contribution in [3.63, 3.8) is 0 Å². The van der Waals surface area contributed by atoms with E-state index in [9.17, 15) is 0 Å². The Hall–Kier alpha value is -0.160. The molecule has 0 amide bonds. The minimum absolute atomic E-state index is 0.374. The number of likely N-dealkylation sites (N-methyl/N-ethyl adjacent to an activating group) is 1. The van der Waals surface area contributed by atoms with Crippen molar-refractivity contribution in [1.29, 1.82) is 0 Å². The maximum atomic E-state index is 3.63. The van der Waals surface area contributed by atoms with Crippen LogP contribution in [0.3, 0.4) is 0 Å². The maximum absolute atomic E-state index is 3.63. The molecule has 2 rings (SSSR count). The molecule has 2 aromatic rings. The van der Waals surface area contributed by atoms with Crippen LogP contribution < -0.4 is 5.32 Å². The van der Waals surface area contributed by atoms with Crippen molar-refractivity contribution in [2.75, 3.05) is 6.54 Å². The summed E-state index contributed by atoms with van der Waals surface area (Å²) in [7, 11) is 0. The van der Waals surface area contributed by atoms with E-state index in [0.717, 1.165) is 13.0 Å². The molecule has 0 aliphatic carbocycles. The molecule has 0 radical (unpaired) electrons. The van der Waals surface area contributed by atoms with Crippen LogP contribution >= 0.6 is 43.2 Å². The van der Waals surface area contributed by atoms with Gasteiger partial charge in [0.25, 0.3) is 0 Å². The summed E-state index contributed by atoms with van der Waals surface area (Å²) in [6.07, 6.45) is 1.00. The first-order chi connectivity index (χ1) is 9.11. The van der Waals surface area contributed by atoms with E-state index in [1.165, 1.54) is 24.3 Å². The van der Waals surface area contributed by atoms with Gasteiger partial charge >= 0.3 is 0 Å². The zero-order chi connectivity index (χ0) is 13.8. The van der Waals surface area contributed by atoms with Gasteiger partial charge in [0.1, 0.15) is 0 Å². The van der Waals surface area contributed by atoms with Gasteiger partial charge in [-0.15, -0.1) is 11.3 Å². The third-order valence-corrected chi connectivity index (χ3v) is 6.08. The van der Waals surface area contributed by atoms with E-state index in [1.807, 2.05) is 11.3 Å². The minimum Gasteiger partial charge on any atom is -0.309 e. The van der Waals surface area contributed by atoms with Crippen LogP contribution in [0.2, 0.25) is 0 Å². The van der Waals surface area contributed by atoms with E-state index in [-0.39, 0.29) is 0 Å². The van der Waals surface area contributed by atoms with Gasteiger partial charge in [-0.05, 0) is 59.1 Å². The minimum atomic E-state index is 0.374. The van der Waals surface area contributed by atoms with Crippen molar-refractivity contribution in [1.82, 2.24) is 5.32 Å². The predicted molar refractivity (Wildman–Crippen MR) is 91.0 cm³/mol. The Balaban J connectivity index is 2.23. The van der Waals surface area contributed by atoms with Crippen molar-refractivity contribution in [2.24, 2.45) is 0 Å². The molecule has 19 heavy (non-hydrogen) atoms. The van der Waals surface area contributed by atoms with Crippen LogP contribution in [0.25, 0.3) is 0 Å². The van der Waals surface area contributed by atoms with Crippen molar-refractivity contribution in [2.45, 2.75) is 26.3 Å². The molecular formula is C15H17Br2NS. The van der Waals surface area contributed by atoms with Crippen molar-refractivity contribution < 1.29 is 0 Å². The number of halogens is 2. The van der Waals surface area contributed by atoms with E-state index in [4.69, 9.17) is 0 Å². The lowest BCUT2D eigenvalue weighted by Gasteiger charge is -2.17. The highest BCUT2D eigenvalue weighted by Gasteiger charge is 2.16. The molecule has 0 aliphatic heterocycles. The van der Waals surface area contributed by atoms with Crippen LogP contribution in [0.4, 0.5) is 0 Å². The molecule has 0 fully saturated rings. The lowest BCUT2D eigenvalue weighted by molar-refractivity contribution is 0.557. The molecular weight excluding hydrogens is 386 g/mol. The first kappa shape index (κ1) is 15.2. The summed E-state index contributed by atoms with van der Waals surface area (Å²) in [6.45, 7) is 5.28. The summed E-state index contributed by atoms with van der Waals surface area (Å²) in [6, 6.07) is 11.1. The topological polar surface area (TPSA) is 12.0 Å². The molecule has 0 saturated heterocycles. The Morgan fingerprint density at radius 3 is 2.58 bits per heavy atom. The zero-order valence-corrected chi connectivity index (χ0v) is 15.0. The highest BCUT2D eigenvalue weighted by molar-refractivity contribution is 9.11. The molecule has 0 saturated carbocycles. The van der Waals surface area contributed by atoms with Crippen molar-refractivity contribution in [3.8, 4) is 0 Å². The van der Waals surface area contributed by atoms with E-state index in [1.54, 1.807) is 0 Å². The molecule has 1 nitrogen and oxygen atoms in total. The third-order valence-electron chi connectivity index (χ3n) is 3.05. The number of thiophene rings is 1. The quantitative estimate of drug-likeness (QED) is 0.698. The first-order valence-corrected chi connectivity index (χ1v) is 8.74. The largest absolute Gasteiger partial charge is 0.309 e. The number of hydrogen-bond donors (Lipinski definition) is 1. The number of benzene rings is 1. The summed E-state index contributed by atoms with van der Waals surface area (Å²) < 4.78 is 2.42. The van der Waals surface area contributed by atoms with Gasteiger partial charge in [-0.1, -0.05) is 41.1 Å². The van der Waals surface area contributed by atoms with Crippen LogP contribution in [0.15, 0.2) is 38.6 Å². The van der Waals surface area contributed by atoms with Crippen LogP contribution in [-0.2, 0) is 6.42 Å². The van der Waals surface area contributed by atoms with Crippen LogP contribution in [-0.4, -0.2) is 6.54 Å². The molecule has 1 heterocycles. The summed E-state index contributed by atoms with van der Waals surface area (Å²) >= 11 is 9.08. The first-order valence-electron chi connectivity index (χ1n) is 6.34. The highest BCUT2D eigenvalue weighted by atomic mass is 79.9. The van der Waals surface area contributed by atoms with E-state index >= 15 is 0 Å². The molecule has 0 spiro atoms. The number of aryl methyl sites for hydroxylation is 1. The fourth-order valence-electron chi connectivity index (χ4n) is 2.06. The fraction of sp³-hybridized carbons (Fsp3) is 0.333. The molecule has 1 aromatic heterocycles. The Morgan fingerprint density at radius 2 is 2.00 bits per heavy atom. The predicted octanol–water partition coefficient (Wildman–Crippen LogP) is 5.47. The zero-order valence-electron chi connectivity index (χ0n) is 11.0. The normalized spacial score (nSPS) is 12.6. The second kappa shape index (κ2) is 7.02. The standard InChI is InChI=1S/C15H17Br2NS/c1-3-18-13(14-8-10(2)15(17)19-14)9-11-6-4-5-7-12(11)16/h4-8,13,18H,3,9H2,1-2H3. The van der Waals surface area contributed by atoms with Gasteiger partial charge in [0.05, 0.1) is 3.79 Å². The number of nitrogens with one attached hydrogen (secondary N) is 1. The average Bonchev–Trinajstić information content (AvgIpc) is 2.72. The van der Waals surface area contributed by atoms with Gasteiger partial charge in [-0.25, -0.2) is 0 Å². The van der Waals surface area contributed by atoms with E-state index < -0.39 is 0 Å². The van der Waals surface area contributed by atoms with Crippen molar-refractivity contribution in [3.05, 3.63) is 54.6 Å². The van der Waals surface area contributed by atoms with Crippen LogP contribution in [0, 0.1) is 6.92 Å². The molecule has 1 atom stereocenters. The molecule has 1 N–H and O–H groups in total. The second-order valence-corrected chi connectivity index (χ2v) is 7.77. The lowest BCUT2D eigenvalue weighted by atomic mass is 10.0. The van der Waals surface area contributed by atoms with Crippen molar-refractivity contribution >= 4 is 43.2 Å². The Kier molecular flexibility index (Phi) is 5.63. The maximum Gasteiger partial charge on any atom is 0.0731 e. The summed E-state index contributed by atoms with van der Waals surface area (Å²) in [5.74, 6) is 0. The Morgan fingerprint density at radius 1 is 1.26 bits per heavy atom. The lowest BCUT2D eigenvalue weighted by Crippen LogP contribution is -2.22. The third kappa shape index (κ3) is 3.91. The van der Waals surface area contributed by atoms with Gasteiger partial charge < -0.3 is 5.32 Å². The fourth-order valence-corrected chi connectivity index (χ4v) is 4.15. The smallest absolute Gasteiger partial charge is 0.0731 e. The molecule has 102 valence electrons. The molecule has 0 bridgehead atoms. The highest BCUT2D eigenvalue weighted by Crippen LogP contribution is 2.33. The van der Waals surface area contributed by atoms with Gasteiger partial charge in [0.15, 0.2) is 0 Å². The Bertz CT molecular complexity index is 531. The molecule has 0 aliphatic rings. The molecule has 4 heteroatoms. The monoisotopic (exact) mass is 401 g/mol. The second-order valence-electron chi connectivity index (χ2n) is 4.51. The summed E-state index contributed by atoms with van der Waals surface area (Å²) in [4.78, 5) is 1.39. The van der Waals surface area contributed by atoms with Gasteiger partial charge in [-0.3, -0.25) is 0 Å². The van der Waals surface area contributed by atoms with Gasteiger partial charge in [0, 0.05) is 15.4 Å². The summed E-state index contributed by atoms with van der Waals surface area (Å²) in [5.41, 5.74) is 2.66. The number of hydrogen-bond acceptors (Lipinski definition) is 2. The number of rotatable bonds is 5. The van der Waals surface area contributed by atoms with Crippen LogP contribution in [0.1, 0.15) is 29.0 Å². The van der Waals surface area contributed by atoms with E-state index in [2.05, 4.69) is 81.4 Å². The molecule has 1 aromatic carbocycles. The van der Waals surface area contributed by atoms with Gasteiger partial charge in [0.2, 0.25) is 0 Å². The Labute approximate surface area is 135 Å². The SMILES string of the molecule is CCNC(Cc1ccccc1Br)c1cc(C)c(Br)s1. The van der Waals surface area contributed by atoms with E-state index in [0.29, 0.717) is 6.04 Å².